The zero-order valence-corrected chi connectivity index (χ0v) is 9.82. The quantitative estimate of drug-likeness (QED) is 0.681. The Balaban J connectivity index is 1.83. The van der Waals surface area contributed by atoms with Gasteiger partial charge in [-0.3, -0.25) is 0 Å². The summed E-state index contributed by atoms with van der Waals surface area (Å²) in [6.07, 6.45) is 3.74. The van der Waals surface area contributed by atoms with Gasteiger partial charge in [-0.2, -0.15) is 0 Å². The number of fused-ring (bicyclic) bond motifs is 2. The van der Waals surface area contributed by atoms with Crippen molar-refractivity contribution in [3.63, 3.8) is 0 Å². The van der Waals surface area contributed by atoms with E-state index in [1.165, 1.54) is 6.33 Å². The van der Waals surface area contributed by atoms with Crippen molar-refractivity contribution in [1.29, 1.82) is 0 Å². The highest BCUT2D eigenvalue weighted by Crippen LogP contribution is 2.52. The second kappa shape index (κ2) is 2.99. The molecule has 7 nitrogen and oxygen atoms in total. The van der Waals surface area contributed by atoms with E-state index < -0.39 is 5.60 Å². The SMILES string of the molecule is C[C@]1(O)C[C@H](n2cnc3c(N)ncnc32)[C@H]2O[C@H]21. The first-order valence-electron chi connectivity index (χ1n) is 5.89. The summed E-state index contributed by atoms with van der Waals surface area (Å²) >= 11 is 0. The highest BCUT2D eigenvalue weighted by atomic mass is 16.6. The number of nitrogens with zero attached hydrogens (tertiary/aromatic N) is 4. The minimum Gasteiger partial charge on any atom is -0.387 e. The van der Waals surface area contributed by atoms with Crippen LogP contribution in [0.25, 0.3) is 11.2 Å². The summed E-state index contributed by atoms with van der Waals surface area (Å²) in [7, 11) is 0. The molecule has 1 aliphatic carbocycles. The molecule has 94 valence electrons. The van der Waals surface area contributed by atoms with Gasteiger partial charge in [0.15, 0.2) is 11.5 Å². The lowest BCUT2D eigenvalue weighted by molar-refractivity contribution is 0.00964. The molecular formula is C11H13N5O2. The molecule has 1 saturated carbocycles. The molecule has 2 aromatic heterocycles. The zero-order chi connectivity index (χ0) is 12.5. The zero-order valence-electron chi connectivity index (χ0n) is 9.82. The molecule has 0 spiro atoms. The third-order valence-corrected chi connectivity index (χ3v) is 3.88. The molecule has 3 N–H and O–H groups in total. The molecule has 0 amide bonds. The number of rotatable bonds is 1. The van der Waals surface area contributed by atoms with E-state index in [1.807, 2.05) is 4.57 Å². The number of hydrogen-bond acceptors (Lipinski definition) is 6. The van der Waals surface area contributed by atoms with Crippen LogP contribution in [0.15, 0.2) is 12.7 Å². The maximum atomic E-state index is 10.2. The fourth-order valence-corrected chi connectivity index (χ4v) is 2.94. The van der Waals surface area contributed by atoms with Gasteiger partial charge in [-0.05, 0) is 6.92 Å². The van der Waals surface area contributed by atoms with Crippen molar-refractivity contribution in [3.05, 3.63) is 12.7 Å². The van der Waals surface area contributed by atoms with Gasteiger partial charge < -0.3 is 20.1 Å². The largest absolute Gasteiger partial charge is 0.387 e. The number of nitrogens with two attached hydrogens (primary N) is 1. The molecule has 0 aromatic carbocycles. The smallest absolute Gasteiger partial charge is 0.165 e. The number of imidazole rings is 1. The summed E-state index contributed by atoms with van der Waals surface area (Å²) in [5.41, 5.74) is 6.28. The Labute approximate surface area is 103 Å². The van der Waals surface area contributed by atoms with Crippen LogP contribution in [0.5, 0.6) is 0 Å². The predicted molar refractivity (Wildman–Crippen MR) is 62.7 cm³/mol. The van der Waals surface area contributed by atoms with Crippen LogP contribution in [0.3, 0.4) is 0 Å². The van der Waals surface area contributed by atoms with Crippen LogP contribution in [0.1, 0.15) is 19.4 Å². The Morgan fingerprint density at radius 2 is 2.33 bits per heavy atom. The van der Waals surface area contributed by atoms with Crippen LogP contribution >= 0.6 is 0 Å². The molecule has 0 unspecified atom stereocenters. The summed E-state index contributed by atoms with van der Waals surface area (Å²) in [6, 6.07) is 0.0595. The molecular weight excluding hydrogens is 234 g/mol. The standard InChI is InChI=1S/C11H13N5O2/c1-11(17)2-5(7-8(11)18-7)16-4-15-6-9(12)13-3-14-10(6)16/h3-5,7-8,17H,2H2,1H3,(H2,12,13,14)/t5-,7+,8+,11-/m0/s1. The van der Waals surface area contributed by atoms with Gasteiger partial charge in [0.1, 0.15) is 24.1 Å². The Kier molecular flexibility index (Phi) is 1.69. The fraction of sp³-hybridized carbons (Fsp3) is 0.545. The first-order valence-corrected chi connectivity index (χ1v) is 5.89. The summed E-state index contributed by atoms with van der Waals surface area (Å²) < 4.78 is 7.44. The number of aliphatic hydroxyl groups is 1. The van der Waals surface area contributed by atoms with Crippen LogP contribution in [-0.4, -0.2) is 42.4 Å². The number of ether oxygens (including phenoxy) is 1. The number of anilines is 1. The van der Waals surface area contributed by atoms with Gasteiger partial charge in [-0.25, -0.2) is 15.0 Å². The third-order valence-electron chi connectivity index (χ3n) is 3.88. The van der Waals surface area contributed by atoms with E-state index in [2.05, 4.69) is 15.0 Å². The van der Waals surface area contributed by atoms with Gasteiger partial charge in [-0.15, -0.1) is 0 Å². The second-order valence-corrected chi connectivity index (χ2v) is 5.23. The van der Waals surface area contributed by atoms with E-state index in [9.17, 15) is 5.11 Å². The van der Waals surface area contributed by atoms with Crippen LogP contribution in [0, 0.1) is 0 Å². The van der Waals surface area contributed by atoms with Crippen LogP contribution < -0.4 is 5.73 Å². The third kappa shape index (κ3) is 1.17. The van der Waals surface area contributed by atoms with E-state index in [0.29, 0.717) is 23.4 Å². The fourth-order valence-electron chi connectivity index (χ4n) is 2.94. The molecule has 2 aromatic rings. The van der Waals surface area contributed by atoms with Gasteiger partial charge in [-0.1, -0.05) is 0 Å². The first kappa shape index (κ1) is 10.2. The molecule has 2 aliphatic rings. The van der Waals surface area contributed by atoms with Gasteiger partial charge in [0, 0.05) is 6.42 Å². The molecule has 1 aliphatic heterocycles. The molecule has 0 radical (unpaired) electrons. The molecule has 4 atom stereocenters. The average Bonchev–Trinajstić information content (AvgIpc) is 2.94. The average molecular weight is 247 g/mol. The normalized spacial score (nSPS) is 38.0. The van der Waals surface area contributed by atoms with E-state index in [-0.39, 0.29) is 18.2 Å². The maximum absolute atomic E-state index is 10.2. The van der Waals surface area contributed by atoms with Gasteiger partial charge in [0.25, 0.3) is 0 Å². The van der Waals surface area contributed by atoms with Crippen molar-refractivity contribution in [2.45, 2.75) is 37.2 Å². The molecule has 3 heterocycles. The van der Waals surface area contributed by atoms with Crippen molar-refractivity contribution < 1.29 is 9.84 Å². The summed E-state index contributed by atoms with van der Waals surface area (Å²) in [5, 5.41) is 10.2. The minimum absolute atomic E-state index is 0.0496. The monoisotopic (exact) mass is 247 g/mol. The Bertz CT molecular complexity index is 637. The lowest BCUT2D eigenvalue weighted by Crippen LogP contribution is -2.28. The van der Waals surface area contributed by atoms with Crippen LogP contribution in [-0.2, 0) is 4.74 Å². The Morgan fingerprint density at radius 3 is 3.00 bits per heavy atom. The van der Waals surface area contributed by atoms with Gasteiger partial charge in [0.05, 0.1) is 18.0 Å². The van der Waals surface area contributed by atoms with Gasteiger partial charge in [0.2, 0.25) is 0 Å². The van der Waals surface area contributed by atoms with E-state index in [0.717, 1.165) is 0 Å². The molecule has 1 saturated heterocycles. The second-order valence-electron chi connectivity index (χ2n) is 5.23. The molecule has 4 rings (SSSR count). The highest BCUT2D eigenvalue weighted by molar-refractivity contribution is 5.81. The van der Waals surface area contributed by atoms with E-state index in [1.54, 1.807) is 13.3 Å². The highest BCUT2D eigenvalue weighted by Gasteiger charge is 2.63. The lowest BCUT2D eigenvalue weighted by Gasteiger charge is -2.21. The van der Waals surface area contributed by atoms with E-state index >= 15 is 0 Å². The summed E-state index contributed by atoms with van der Waals surface area (Å²) in [5.74, 6) is 0.372. The number of hydrogen-bond donors (Lipinski definition) is 2. The number of aromatic nitrogens is 4. The minimum atomic E-state index is -0.773. The lowest BCUT2D eigenvalue weighted by atomic mass is 10.0. The molecule has 2 fully saturated rings. The van der Waals surface area contributed by atoms with Crippen molar-refractivity contribution in [2.75, 3.05) is 5.73 Å². The molecule has 0 bridgehead atoms. The topological polar surface area (TPSA) is 102 Å². The Morgan fingerprint density at radius 1 is 1.50 bits per heavy atom. The molecule has 18 heavy (non-hydrogen) atoms. The summed E-state index contributed by atoms with van der Waals surface area (Å²) in [6.45, 7) is 1.81. The molecule has 7 heteroatoms. The van der Waals surface area contributed by atoms with Crippen LogP contribution in [0.4, 0.5) is 5.82 Å². The van der Waals surface area contributed by atoms with Crippen molar-refractivity contribution in [2.24, 2.45) is 0 Å². The van der Waals surface area contributed by atoms with Crippen molar-refractivity contribution >= 4 is 17.0 Å². The predicted octanol–water partition coefficient (Wildman–Crippen LogP) is -0.128. The van der Waals surface area contributed by atoms with Crippen molar-refractivity contribution in [3.8, 4) is 0 Å². The first-order chi connectivity index (χ1) is 8.58. The van der Waals surface area contributed by atoms with Crippen LogP contribution in [0.2, 0.25) is 0 Å². The van der Waals surface area contributed by atoms with Gasteiger partial charge >= 0.3 is 0 Å². The van der Waals surface area contributed by atoms with Crippen molar-refractivity contribution in [1.82, 2.24) is 19.5 Å². The van der Waals surface area contributed by atoms with E-state index in [4.69, 9.17) is 10.5 Å². The number of nitrogen functional groups attached to an aromatic ring is 1. The Hall–Kier alpha value is -1.73. The maximum Gasteiger partial charge on any atom is 0.165 e. The number of epoxide rings is 1. The summed E-state index contributed by atoms with van der Waals surface area (Å²) in [4.78, 5) is 12.4.